The summed E-state index contributed by atoms with van der Waals surface area (Å²) in [6.45, 7) is 6.34. The molecule has 1 unspecified atom stereocenters. The molecule has 0 aromatic carbocycles. The van der Waals surface area contributed by atoms with Crippen molar-refractivity contribution < 1.29 is 4.39 Å². The molecular formula is C10H15ClFNS. The quantitative estimate of drug-likeness (QED) is 0.841. The Morgan fingerprint density at radius 3 is 2.64 bits per heavy atom. The molecule has 1 heterocycles. The molecule has 0 saturated carbocycles. The molecule has 1 rings (SSSR count). The third-order valence-corrected chi connectivity index (χ3v) is 3.18. The predicted octanol–water partition coefficient (Wildman–Crippen LogP) is 3.80. The Bertz CT molecular complexity index is 293. The fourth-order valence-corrected chi connectivity index (χ4v) is 2.17. The topological polar surface area (TPSA) is 12.0 Å². The van der Waals surface area contributed by atoms with Gasteiger partial charge in [0.05, 0.1) is 9.90 Å². The number of rotatable bonds is 3. The second kappa shape index (κ2) is 4.60. The predicted molar refractivity (Wildman–Crippen MR) is 60.9 cm³/mol. The third-order valence-electron chi connectivity index (χ3n) is 1.74. The van der Waals surface area contributed by atoms with Crippen molar-refractivity contribution in [3.63, 3.8) is 0 Å². The lowest BCUT2D eigenvalue weighted by Crippen LogP contribution is -2.37. The molecule has 0 aliphatic carbocycles. The smallest absolute Gasteiger partial charge is 0.148 e. The maximum Gasteiger partial charge on any atom is 0.148 e. The molecule has 0 radical (unpaired) electrons. The standard InChI is InChI=1S/C10H15ClFNS/c1-10(2,3)13-6-8(12)9-7(11)4-5-14-9/h4-5,8,13H,6H2,1-3H3. The maximum atomic E-state index is 13.6. The first-order valence-electron chi connectivity index (χ1n) is 4.52. The Labute approximate surface area is 93.3 Å². The van der Waals surface area contributed by atoms with E-state index in [0.717, 1.165) is 0 Å². The first-order chi connectivity index (χ1) is 6.40. The van der Waals surface area contributed by atoms with E-state index in [4.69, 9.17) is 11.6 Å². The van der Waals surface area contributed by atoms with Gasteiger partial charge in [0.1, 0.15) is 6.17 Å². The van der Waals surface area contributed by atoms with Crippen molar-refractivity contribution in [1.82, 2.24) is 5.32 Å². The zero-order chi connectivity index (χ0) is 10.8. The summed E-state index contributed by atoms with van der Waals surface area (Å²) < 4.78 is 13.6. The second-order valence-corrected chi connectivity index (χ2v) is 5.59. The molecule has 4 heteroatoms. The molecule has 14 heavy (non-hydrogen) atoms. The number of alkyl halides is 1. The molecule has 0 amide bonds. The first kappa shape index (κ1) is 12.0. The summed E-state index contributed by atoms with van der Waals surface area (Å²) in [5.74, 6) is 0. The SMILES string of the molecule is CC(C)(C)NCC(F)c1sccc1Cl. The van der Waals surface area contributed by atoms with E-state index < -0.39 is 6.17 Å². The molecule has 0 bridgehead atoms. The Morgan fingerprint density at radius 1 is 1.57 bits per heavy atom. The minimum atomic E-state index is -1.01. The second-order valence-electron chi connectivity index (χ2n) is 4.23. The van der Waals surface area contributed by atoms with Gasteiger partial charge in [0.15, 0.2) is 0 Å². The molecule has 1 aromatic rings. The van der Waals surface area contributed by atoms with E-state index >= 15 is 0 Å². The van der Waals surface area contributed by atoms with Gasteiger partial charge in [-0.15, -0.1) is 11.3 Å². The van der Waals surface area contributed by atoms with Crippen molar-refractivity contribution in [2.45, 2.75) is 32.5 Å². The highest BCUT2D eigenvalue weighted by molar-refractivity contribution is 7.10. The molecule has 0 fully saturated rings. The van der Waals surface area contributed by atoms with E-state index in [-0.39, 0.29) is 5.54 Å². The van der Waals surface area contributed by atoms with Crippen LogP contribution in [0, 0.1) is 0 Å². The van der Waals surface area contributed by atoms with Gasteiger partial charge in [-0.2, -0.15) is 0 Å². The van der Waals surface area contributed by atoms with Crippen LogP contribution >= 0.6 is 22.9 Å². The third kappa shape index (κ3) is 3.56. The van der Waals surface area contributed by atoms with Crippen LogP contribution in [0.15, 0.2) is 11.4 Å². The van der Waals surface area contributed by atoms with Crippen molar-refractivity contribution in [3.8, 4) is 0 Å². The van der Waals surface area contributed by atoms with E-state index in [0.29, 0.717) is 16.4 Å². The number of halogens is 2. The van der Waals surface area contributed by atoms with Crippen molar-refractivity contribution in [3.05, 3.63) is 21.3 Å². The van der Waals surface area contributed by atoms with Crippen LogP contribution in [0.1, 0.15) is 31.8 Å². The lowest BCUT2D eigenvalue weighted by Gasteiger charge is -2.21. The lowest BCUT2D eigenvalue weighted by molar-refractivity contribution is 0.295. The van der Waals surface area contributed by atoms with Crippen molar-refractivity contribution in [2.24, 2.45) is 0 Å². The highest BCUT2D eigenvalue weighted by Gasteiger charge is 2.17. The molecular weight excluding hydrogens is 221 g/mol. The zero-order valence-corrected chi connectivity index (χ0v) is 10.2. The molecule has 0 saturated heterocycles. The van der Waals surface area contributed by atoms with Gasteiger partial charge >= 0.3 is 0 Å². The average Bonchev–Trinajstić information content (AvgIpc) is 2.46. The Hall–Kier alpha value is -0.120. The van der Waals surface area contributed by atoms with Crippen molar-refractivity contribution >= 4 is 22.9 Å². The van der Waals surface area contributed by atoms with Gasteiger partial charge in [-0.25, -0.2) is 4.39 Å². The van der Waals surface area contributed by atoms with Gasteiger partial charge in [-0.05, 0) is 32.2 Å². The zero-order valence-electron chi connectivity index (χ0n) is 8.60. The molecule has 0 spiro atoms. The van der Waals surface area contributed by atoms with Gasteiger partial charge in [0.2, 0.25) is 0 Å². The summed E-state index contributed by atoms with van der Waals surface area (Å²) in [5.41, 5.74) is -0.0614. The van der Waals surface area contributed by atoms with Crippen LogP contribution < -0.4 is 5.32 Å². The van der Waals surface area contributed by atoms with Gasteiger partial charge in [0.25, 0.3) is 0 Å². The lowest BCUT2D eigenvalue weighted by atomic mass is 10.1. The van der Waals surface area contributed by atoms with E-state index in [9.17, 15) is 4.39 Å². The molecule has 0 aliphatic heterocycles. The number of thiophene rings is 1. The van der Waals surface area contributed by atoms with Crippen LogP contribution in [0.25, 0.3) is 0 Å². The van der Waals surface area contributed by atoms with E-state index in [1.807, 2.05) is 20.8 Å². The summed E-state index contributed by atoms with van der Waals surface area (Å²) in [7, 11) is 0. The summed E-state index contributed by atoms with van der Waals surface area (Å²) in [6, 6.07) is 1.73. The molecule has 0 aliphatic rings. The summed E-state index contributed by atoms with van der Waals surface area (Å²) in [6.07, 6.45) is -1.01. The minimum absolute atomic E-state index is 0.0614. The normalized spacial score (nSPS) is 14.4. The van der Waals surface area contributed by atoms with Crippen molar-refractivity contribution in [2.75, 3.05) is 6.54 Å². The number of nitrogens with one attached hydrogen (secondary N) is 1. The van der Waals surface area contributed by atoms with Gasteiger partial charge in [-0.1, -0.05) is 11.6 Å². The van der Waals surface area contributed by atoms with Gasteiger partial charge in [-0.3, -0.25) is 0 Å². The molecule has 1 aromatic heterocycles. The Balaban J connectivity index is 2.51. The van der Waals surface area contributed by atoms with Gasteiger partial charge < -0.3 is 5.32 Å². The Morgan fingerprint density at radius 2 is 2.21 bits per heavy atom. The van der Waals surface area contributed by atoms with Crippen LogP contribution in [0.4, 0.5) is 4.39 Å². The maximum absolute atomic E-state index is 13.6. The number of hydrogen-bond acceptors (Lipinski definition) is 2. The first-order valence-corrected chi connectivity index (χ1v) is 5.78. The van der Waals surface area contributed by atoms with E-state index in [2.05, 4.69) is 5.32 Å². The van der Waals surface area contributed by atoms with E-state index in [1.54, 1.807) is 11.4 Å². The fourth-order valence-electron chi connectivity index (χ4n) is 1.02. The van der Waals surface area contributed by atoms with E-state index in [1.165, 1.54) is 11.3 Å². The summed E-state index contributed by atoms with van der Waals surface area (Å²) >= 11 is 7.19. The fraction of sp³-hybridized carbons (Fsp3) is 0.600. The highest BCUT2D eigenvalue weighted by Crippen LogP contribution is 2.30. The minimum Gasteiger partial charge on any atom is -0.309 e. The molecule has 1 atom stereocenters. The van der Waals surface area contributed by atoms with Crippen molar-refractivity contribution in [1.29, 1.82) is 0 Å². The summed E-state index contributed by atoms with van der Waals surface area (Å²) in [4.78, 5) is 0.614. The monoisotopic (exact) mass is 235 g/mol. The number of hydrogen-bond donors (Lipinski definition) is 1. The largest absolute Gasteiger partial charge is 0.309 e. The van der Waals surface area contributed by atoms with Crippen LogP contribution in [0.2, 0.25) is 5.02 Å². The van der Waals surface area contributed by atoms with Crippen LogP contribution in [-0.2, 0) is 0 Å². The van der Waals surface area contributed by atoms with Crippen LogP contribution in [-0.4, -0.2) is 12.1 Å². The molecule has 1 N–H and O–H groups in total. The molecule has 1 nitrogen and oxygen atoms in total. The summed E-state index contributed by atoms with van der Waals surface area (Å²) in [5, 5.41) is 5.44. The Kier molecular flexibility index (Phi) is 3.93. The van der Waals surface area contributed by atoms with Crippen LogP contribution in [0.3, 0.4) is 0 Å². The highest BCUT2D eigenvalue weighted by atomic mass is 35.5. The average molecular weight is 236 g/mol. The molecule has 80 valence electrons. The van der Waals surface area contributed by atoms with Crippen LogP contribution in [0.5, 0.6) is 0 Å². The van der Waals surface area contributed by atoms with Gasteiger partial charge in [0, 0.05) is 12.1 Å².